The molecule has 1 atom stereocenters. The second kappa shape index (κ2) is 6.70. The van der Waals surface area contributed by atoms with Gasteiger partial charge in [-0.1, -0.05) is 46.6 Å². The molecule has 0 fully saturated rings. The summed E-state index contributed by atoms with van der Waals surface area (Å²) >= 11 is 9.55. The van der Waals surface area contributed by atoms with Crippen molar-refractivity contribution in [3.8, 4) is 0 Å². The fourth-order valence-electron chi connectivity index (χ4n) is 2.16. The summed E-state index contributed by atoms with van der Waals surface area (Å²) in [5, 5.41) is 4.03. The molecule has 2 rings (SSSR count). The van der Waals surface area contributed by atoms with Gasteiger partial charge in [0.1, 0.15) is 5.82 Å². The van der Waals surface area contributed by atoms with Gasteiger partial charge in [-0.25, -0.2) is 4.39 Å². The van der Waals surface area contributed by atoms with Gasteiger partial charge in [-0.3, -0.25) is 0 Å². The van der Waals surface area contributed by atoms with Crippen molar-refractivity contribution >= 4 is 27.5 Å². The van der Waals surface area contributed by atoms with Crippen molar-refractivity contribution in [1.82, 2.24) is 5.32 Å². The number of hydrogen-bond donors (Lipinski definition) is 1. The molecule has 1 unspecified atom stereocenters. The molecule has 0 saturated heterocycles. The molecule has 0 aromatic heterocycles. The molecule has 0 heterocycles. The maximum atomic E-state index is 13.8. The summed E-state index contributed by atoms with van der Waals surface area (Å²) in [5.41, 5.74) is 2.55. The molecule has 2 aromatic carbocycles. The Balaban J connectivity index is 2.46. The lowest BCUT2D eigenvalue weighted by Gasteiger charge is -2.20. The summed E-state index contributed by atoms with van der Waals surface area (Å²) in [6, 6.07) is 11.0. The maximum absolute atomic E-state index is 13.8. The topological polar surface area (TPSA) is 12.0 Å². The van der Waals surface area contributed by atoms with Crippen molar-refractivity contribution < 1.29 is 4.39 Å². The van der Waals surface area contributed by atoms with E-state index in [9.17, 15) is 4.39 Å². The Bertz CT molecular complexity index is 595. The minimum atomic E-state index is -0.188. The van der Waals surface area contributed by atoms with E-state index >= 15 is 0 Å². The highest BCUT2D eigenvalue weighted by Gasteiger charge is 2.15. The molecule has 4 heteroatoms. The van der Waals surface area contributed by atoms with Crippen LogP contribution in [0.2, 0.25) is 5.02 Å². The Labute approximate surface area is 132 Å². The highest BCUT2D eigenvalue weighted by Crippen LogP contribution is 2.28. The molecule has 106 valence electrons. The number of hydrogen-bond acceptors (Lipinski definition) is 1. The predicted octanol–water partition coefficient (Wildman–Crippen LogP) is 5.25. The second-order valence-electron chi connectivity index (χ2n) is 4.70. The fourth-order valence-corrected chi connectivity index (χ4v) is 3.05. The first kappa shape index (κ1) is 15.5. The Morgan fingerprint density at radius 3 is 2.55 bits per heavy atom. The smallest absolute Gasteiger partial charge is 0.126 e. The van der Waals surface area contributed by atoms with Crippen LogP contribution in [0.25, 0.3) is 0 Å². The molecule has 0 spiro atoms. The van der Waals surface area contributed by atoms with Crippen LogP contribution in [0, 0.1) is 12.7 Å². The molecule has 20 heavy (non-hydrogen) atoms. The minimum Gasteiger partial charge on any atom is -0.307 e. The minimum absolute atomic E-state index is 0.0786. The van der Waals surface area contributed by atoms with E-state index in [2.05, 4.69) is 21.2 Å². The van der Waals surface area contributed by atoms with Crippen LogP contribution in [0.5, 0.6) is 0 Å². The number of halogens is 3. The van der Waals surface area contributed by atoms with Crippen molar-refractivity contribution in [2.45, 2.75) is 19.9 Å². The van der Waals surface area contributed by atoms with Crippen molar-refractivity contribution in [2.24, 2.45) is 0 Å². The largest absolute Gasteiger partial charge is 0.307 e. The maximum Gasteiger partial charge on any atom is 0.126 e. The lowest BCUT2D eigenvalue weighted by atomic mass is 9.97. The molecule has 0 aliphatic carbocycles. The summed E-state index contributed by atoms with van der Waals surface area (Å²) < 4.78 is 14.7. The van der Waals surface area contributed by atoms with Crippen LogP contribution in [0.1, 0.15) is 29.7 Å². The van der Waals surface area contributed by atoms with Crippen LogP contribution < -0.4 is 5.32 Å². The quantitative estimate of drug-likeness (QED) is 0.789. The van der Waals surface area contributed by atoms with E-state index in [1.54, 1.807) is 19.1 Å². The van der Waals surface area contributed by atoms with Gasteiger partial charge < -0.3 is 5.32 Å². The van der Waals surface area contributed by atoms with Gasteiger partial charge in [0.15, 0.2) is 0 Å². The zero-order chi connectivity index (χ0) is 14.7. The number of rotatable bonds is 4. The Morgan fingerprint density at radius 1 is 1.20 bits per heavy atom. The van der Waals surface area contributed by atoms with Gasteiger partial charge in [0.05, 0.1) is 6.04 Å². The number of benzene rings is 2. The lowest BCUT2D eigenvalue weighted by molar-refractivity contribution is 0.597. The third-order valence-corrected chi connectivity index (χ3v) is 3.83. The highest BCUT2D eigenvalue weighted by molar-refractivity contribution is 9.10. The molecule has 1 N–H and O–H groups in total. The molecule has 0 radical (unpaired) electrons. The van der Waals surface area contributed by atoms with Crippen LogP contribution in [0.3, 0.4) is 0 Å². The highest BCUT2D eigenvalue weighted by atomic mass is 79.9. The van der Waals surface area contributed by atoms with Crippen molar-refractivity contribution in [3.63, 3.8) is 0 Å². The van der Waals surface area contributed by atoms with E-state index in [0.29, 0.717) is 10.6 Å². The monoisotopic (exact) mass is 355 g/mol. The Morgan fingerprint density at radius 2 is 1.95 bits per heavy atom. The molecule has 0 aliphatic rings. The van der Waals surface area contributed by atoms with Crippen LogP contribution in [-0.4, -0.2) is 6.54 Å². The zero-order valence-electron chi connectivity index (χ0n) is 11.4. The summed E-state index contributed by atoms with van der Waals surface area (Å²) in [6.07, 6.45) is 0. The summed E-state index contributed by atoms with van der Waals surface area (Å²) in [5.74, 6) is -0.188. The third kappa shape index (κ3) is 3.60. The van der Waals surface area contributed by atoms with Gasteiger partial charge in [0, 0.05) is 9.50 Å². The Hall–Kier alpha value is -0.900. The standard InChI is InChI=1S/C16H16BrClFN/c1-3-20-16(11-5-4-10(2)15(19)8-11)12-6-13(17)9-14(18)7-12/h4-9,16,20H,3H2,1-2H3. The zero-order valence-corrected chi connectivity index (χ0v) is 13.7. The average Bonchev–Trinajstić information content (AvgIpc) is 2.38. The van der Waals surface area contributed by atoms with Crippen molar-refractivity contribution in [1.29, 1.82) is 0 Å². The van der Waals surface area contributed by atoms with Crippen molar-refractivity contribution in [2.75, 3.05) is 6.54 Å². The second-order valence-corrected chi connectivity index (χ2v) is 6.05. The van der Waals surface area contributed by atoms with Gasteiger partial charge in [0.2, 0.25) is 0 Å². The first-order chi connectivity index (χ1) is 9.51. The van der Waals surface area contributed by atoms with E-state index in [4.69, 9.17) is 11.6 Å². The summed E-state index contributed by atoms with van der Waals surface area (Å²) in [6.45, 7) is 4.57. The van der Waals surface area contributed by atoms with E-state index < -0.39 is 0 Å². The van der Waals surface area contributed by atoms with Crippen LogP contribution in [0.4, 0.5) is 4.39 Å². The molecular weight excluding hydrogens is 341 g/mol. The molecular formula is C16H16BrClFN. The first-order valence-corrected chi connectivity index (χ1v) is 7.63. The summed E-state index contributed by atoms with van der Waals surface area (Å²) in [7, 11) is 0. The number of nitrogens with one attached hydrogen (secondary N) is 1. The van der Waals surface area contributed by atoms with Gasteiger partial charge in [-0.15, -0.1) is 0 Å². The normalized spacial score (nSPS) is 12.4. The first-order valence-electron chi connectivity index (χ1n) is 6.46. The molecule has 2 aromatic rings. The van der Waals surface area contributed by atoms with E-state index in [1.165, 1.54) is 0 Å². The molecule has 0 saturated carbocycles. The molecule has 0 amide bonds. The average molecular weight is 357 g/mol. The lowest BCUT2D eigenvalue weighted by Crippen LogP contribution is -2.22. The van der Waals surface area contributed by atoms with Gasteiger partial charge in [0.25, 0.3) is 0 Å². The van der Waals surface area contributed by atoms with Gasteiger partial charge in [-0.2, -0.15) is 0 Å². The SMILES string of the molecule is CCNC(c1cc(Cl)cc(Br)c1)c1ccc(C)c(F)c1. The van der Waals surface area contributed by atoms with E-state index in [1.807, 2.05) is 31.2 Å². The van der Waals surface area contributed by atoms with Crippen LogP contribution in [-0.2, 0) is 0 Å². The van der Waals surface area contributed by atoms with E-state index in [-0.39, 0.29) is 11.9 Å². The fraction of sp³-hybridized carbons (Fsp3) is 0.250. The number of aryl methyl sites for hydroxylation is 1. The van der Waals surface area contributed by atoms with E-state index in [0.717, 1.165) is 22.1 Å². The predicted molar refractivity (Wildman–Crippen MR) is 85.8 cm³/mol. The van der Waals surface area contributed by atoms with Crippen LogP contribution >= 0.6 is 27.5 Å². The van der Waals surface area contributed by atoms with Gasteiger partial charge >= 0.3 is 0 Å². The molecule has 0 aliphatic heterocycles. The van der Waals surface area contributed by atoms with Crippen LogP contribution in [0.15, 0.2) is 40.9 Å². The van der Waals surface area contributed by atoms with Gasteiger partial charge in [-0.05, 0) is 54.4 Å². The third-order valence-electron chi connectivity index (χ3n) is 3.16. The molecule has 1 nitrogen and oxygen atoms in total. The summed E-state index contributed by atoms with van der Waals surface area (Å²) in [4.78, 5) is 0. The van der Waals surface area contributed by atoms with Crippen molar-refractivity contribution in [3.05, 3.63) is 68.4 Å². The molecule has 0 bridgehead atoms. The Kier molecular flexibility index (Phi) is 5.19.